The normalized spacial score (nSPS) is 14.9. The van der Waals surface area contributed by atoms with Gasteiger partial charge in [-0.25, -0.2) is 4.40 Å². The minimum atomic E-state index is -0.134. The Bertz CT molecular complexity index is 2740. The van der Waals surface area contributed by atoms with Gasteiger partial charge >= 0.3 is 0 Å². The smallest absolute Gasteiger partial charge is 0.105 e. The molecule has 6 heteroatoms. The van der Waals surface area contributed by atoms with Gasteiger partial charge in [0.1, 0.15) is 5.71 Å². The number of benzene rings is 4. The van der Waals surface area contributed by atoms with E-state index in [1.54, 1.807) is 22.7 Å². The van der Waals surface area contributed by atoms with Crippen LogP contribution in [0.25, 0.3) is 43.4 Å². The van der Waals surface area contributed by atoms with E-state index in [1.165, 1.54) is 92.3 Å². The number of fused-ring (bicyclic) bond motifs is 3. The van der Waals surface area contributed by atoms with Gasteiger partial charge in [-0.05, 0) is 84.8 Å². The Labute approximate surface area is 370 Å². The maximum atomic E-state index is 9.38. The molecule has 1 aliphatic carbocycles. The van der Waals surface area contributed by atoms with Crippen molar-refractivity contribution in [2.75, 3.05) is 0 Å². The maximum absolute atomic E-state index is 9.38. The second kappa shape index (κ2) is 17.7. The van der Waals surface area contributed by atoms with E-state index in [1.807, 2.05) is 0 Å². The fourth-order valence-electron chi connectivity index (χ4n) is 8.99. The van der Waals surface area contributed by atoms with Crippen molar-refractivity contribution in [1.29, 1.82) is 5.41 Å². The number of thiophene rings is 2. The van der Waals surface area contributed by atoms with Gasteiger partial charge in [0.05, 0.1) is 5.71 Å². The minimum absolute atomic E-state index is 0.126. The SMILES string of the molecule is CCCCCCCCC(C)n1c2cc(-c3ccc(C4=CC=C(c5ccc(C(C)(C)c6ccccc6)s5)/C(=N/S)C4=N)s3)ccc2c2ccc(C(C)(C)c3ccccc3)cc21. The van der Waals surface area contributed by atoms with Gasteiger partial charge in [-0.3, -0.25) is 5.41 Å². The van der Waals surface area contributed by atoms with Crippen LogP contribution >= 0.6 is 35.5 Å². The standard InChI is InChI=1S/C54H57N3S3/c1-7-8-9-10-11-14-19-36(2)57-45-34-37(24-26-41(45)42-27-25-40(35-46(42)57)53(3,4)38-20-15-12-16-21-38)47-30-31-48(59-47)43-28-29-44(52(56-58)51(43)55)49-32-33-50(60-49)54(5,6)39-22-17-13-18-23-39/h12-13,15-18,20-36,55,58H,7-11,14,19H2,1-6H3/b55-51?,56-52-. The zero-order valence-corrected chi connectivity index (χ0v) is 38.4. The lowest BCUT2D eigenvalue weighted by Crippen LogP contribution is -2.18. The molecule has 60 heavy (non-hydrogen) atoms. The second-order valence-corrected chi connectivity index (χ2v) is 19.9. The molecule has 0 saturated heterocycles. The molecule has 1 N–H and O–H groups in total. The summed E-state index contributed by atoms with van der Waals surface area (Å²) in [6.45, 7) is 13.9. The molecule has 0 radical (unpaired) electrons. The van der Waals surface area contributed by atoms with E-state index < -0.39 is 0 Å². The summed E-state index contributed by atoms with van der Waals surface area (Å²) >= 11 is 7.92. The monoisotopic (exact) mass is 843 g/mol. The molecular weight excluding hydrogens is 787 g/mol. The van der Waals surface area contributed by atoms with E-state index in [0.717, 1.165) is 27.3 Å². The largest absolute Gasteiger partial charge is 0.338 e. The fourth-order valence-corrected chi connectivity index (χ4v) is 11.4. The molecule has 306 valence electrons. The summed E-state index contributed by atoms with van der Waals surface area (Å²) in [5.41, 5.74) is 10.3. The highest BCUT2D eigenvalue weighted by atomic mass is 32.1. The molecule has 0 fully saturated rings. The summed E-state index contributed by atoms with van der Waals surface area (Å²) in [5, 5.41) is 12.0. The van der Waals surface area contributed by atoms with Crippen LogP contribution in [0, 0.1) is 5.41 Å². The number of hydrogen-bond donors (Lipinski definition) is 2. The Balaban J connectivity index is 1.13. The van der Waals surface area contributed by atoms with Crippen molar-refractivity contribution in [3.05, 3.63) is 165 Å². The first-order valence-electron chi connectivity index (χ1n) is 21.7. The number of nitrogens with zero attached hydrogens (tertiary/aromatic N) is 2. The first-order valence-corrected chi connectivity index (χ1v) is 23.7. The van der Waals surface area contributed by atoms with Crippen LogP contribution in [0.15, 0.2) is 138 Å². The summed E-state index contributed by atoms with van der Waals surface area (Å²) < 4.78 is 7.04. The molecule has 1 atom stereocenters. The third kappa shape index (κ3) is 8.07. The molecule has 1 aliphatic rings. The Morgan fingerprint density at radius 2 is 1.20 bits per heavy atom. The molecule has 3 nitrogen and oxygen atoms in total. The minimum Gasteiger partial charge on any atom is -0.338 e. The summed E-state index contributed by atoms with van der Waals surface area (Å²) in [6, 6.07) is 44.9. The second-order valence-electron chi connectivity index (χ2n) is 17.5. The topological polar surface area (TPSA) is 41.1 Å². The molecule has 0 spiro atoms. The van der Waals surface area contributed by atoms with Gasteiger partial charge in [-0.15, -0.1) is 22.7 Å². The fraction of sp³-hybridized carbons (Fsp3) is 0.296. The van der Waals surface area contributed by atoms with Crippen LogP contribution in [0.3, 0.4) is 0 Å². The molecule has 3 heterocycles. The van der Waals surface area contributed by atoms with Gasteiger partial charge < -0.3 is 4.57 Å². The van der Waals surface area contributed by atoms with Gasteiger partial charge in [-0.2, -0.15) is 0 Å². The molecule has 1 unspecified atom stereocenters. The van der Waals surface area contributed by atoms with Gasteiger partial charge in [0.15, 0.2) is 0 Å². The molecule has 0 saturated carbocycles. The number of allylic oxidation sites excluding steroid dienone is 4. The Morgan fingerprint density at radius 3 is 1.90 bits per heavy atom. The Morgan fingerprint density at radius 1 is 0.617 bits per heavy atom. The van der Waals surface area contributed by atoms with Crippen LogP contribution in [0.1, 0.15) is 124 Å². The van der Waals surface area contributed by atoms with Crippen molar-refractivity contribution in [1.82, 2.24) is 4.57 Å². The lowest BCUT2D eigenvalue weighted by atomic mass is 9.78. The number of hydrogen-bond acceptors (Lipinski definition) is 5. The van der Waals surface area contributed by atoms with Gasteiger partial charge in [0.25, 0.3) is 0 Å². The van der Waals surface area contributed by atoms with E-state index in [0.29, 0.717) is 17.5 Å². The maximum Gasteiger partial charge on any atom is 0.105 e. The van der Waals surface area contributed by atoms with Crippen LogP contribution in [-0.2, 0) is 10.8 Å². The van der Waals surface area contributed by atoms with Gasteiger partial charge in [0.2, 0.25) is 0 Å². The Kier molecular flexibility index (Phi) is 12.4. The summed E-state index contributed by atoms with van der Waals surface area (Å²) in [6.07, 6.45) is 13.2. The molecule has 3 aromatic heterocycles. The van der Waals surface area contributed by atoms with E-state index >= 15 is 0 Å². The van der Waals surface area contributed by atoms with Crippen molar-refractivity contribution in [3.63, 3.8) is 0 Å². The lowest BCUT2D eigenvalue weighted by Gasteiger charge is -2.27. The van der Waals surface area contributed by atoms with E-state index in [-0.39, 0.29) is 10.8 Å². The quantitative estimate of drug-likeness (QED) is 0.0587. The summed E-state index contributed by atoms with van der Waals surface area (Å²) in [5.74, 6) is 0. The first kappa shape index (κ1) is 42.0. The number of rotatable bonds is 15. The number of aromatic nitrogens is 1. The van der Waals surface area contributed by atoms with Crippen LogP contribution in [-0.4, -0.2) is 16.0 Å². The molecule has 7 aromatic rings. The highest BCUT2D eigenvalue weighted by Crippen LogP contribution is 2.43. The average molecular weight is 844 g/mol. The average Bonchev–Trinajstić information content (AvgIpc) is 4.04. The number of nitrogens with one attached hydrogen (secondary N) is 1. The van der Waals surface area contributed by atoms with Crippen LogP contribution in [0.4, 0.5) is 0 Å². The summed E-state index contributed by atoms with van der Waals surface area (Å²) in [4.78, 5) is 4.62. The number of thiol groups is 1. The van der Waals surface area contributed by atoms with E-state index in [9.17, 15) is 5.41 Å². The highest BCUT2D eigenvalue weighted by molar-refractivity contribution is 7.79. The van der Waals surface area contributed by atoms with Crippen molar-refractivity contribution in [2.45, 2.75) is 103 Å². The van der Waals surface area contributed by atoms with Crippen LogP contribution in [0.5, 0.6) is 0 Å². The van der Waals surface area contributed by atoms with E-state index in [2.05, 4.69) is 197 Å². The molecule has 8 rings (SSSR count). The zero-order chi connectivity index (χ0) is 42.0. The zero-order valence-electron chi connectivity index (χ0n) is 35.9. The molecular formula is C54H57N3S3. The predicted octanol–water partition coefficient (Wildman–Crippen LogP) is 16.3. The number of unbranched alkanes of at least 4 members (excludes halogenated alkanes) is 5. The highest BCUT2D eigenvalue weighted by Gasteiger charge is 2.29. The van der Waals surface area contributed by atoms with Crippen molar-refractivity contribution in [2.24, 2.45) is 4.40 Å². The summed E-state index contributed by atoms with van der Waals surface area (Å²) in [7, 11) is 0. The molecule has 0 bridgehead atoms. The first-order chi connectivity index (χ1) is 29.0. The third-order valence-corrected chi connectivity index (χ3v) is 15.7. The predicted molar refractivity (Wildman–Crippen MR) is 267 cm³/mol. The van der Waals surface area contributed by atoms with Crippen LogP contribution in [0.2, 0.25) is 0 Å². The molecule has 0 amide bonds. The van der Waals surface area contributed by atoms with Crippen molar-refractivity contribution >= 4 is 79.9 Å². The Hall–Kier alpha value is -4.75. The molecule has 0 aliphatic heterocycles. The van der Waals surface area contributed by atoms with E-state index in [4.69, 9.17) is 0 Å². The van der Waals surface area contributed by atoms with Crippen molar-refractivity contribution in [3.8, 4) is 10.4 Å². The van der Waals surface area contributed by atoms with Crippen molar-refractivity contribution < 1.29 is 0 Å². The van der Waals surface area contributed by atoms with Gasteiger partial charge in [0, 0.05) is 69.3 Å². The van der Waals surface area contributed by atoms with Gasteiger partial charge in [-0.1, -0.05) is 170 Å². The van der Waals surface area contributed by atoms with Crippen LogP contribution < -0.4 is 0 Å². The molecule has 4 aromatic carbocycles. The lowest BCUT2D eigenvalue weighted by molar-refractivity contribution is 0.486. The third-order valence-electron chi connectivity index (χ3n) is 12.9.